The van der Waals surface area contributed by atoms with Gasteiger partial charge in [-0.2, -0.15) is 0 Å². The van der Waals surface area contributed by atoms with Crippen LogP contribution in [-0.4, -0.2) is 52.4 Å². The van der Waals surface area contributed by atoms with E-state index < -0.39 is 6.04 Å². The minimum atomic E-state index is -0.770. The minimum absolute atomic E-state index is 0.194. The molecule has 0 radical (unpaired) electrons. The smallest absolute Gasteiger partial charge is 0.243 e. The van der Waals surface area contributed by atoms with Crippen LogP contribution in [0.4, 0.5) is 4.39 Å². The molecule has 1 aliphatic heterocycles. The van der Waals surface area contributed by atoms with Crippen molar-refractivity contribution >= 4 is 56.8 Å². The van der Waals surface area contributed by atoms with Gasteiger partial charge in [-0.1, -0.05) is 47.5 Å². The molecule has 3 aromatic carbocycles. The van der Waals surface area contributed by atoms with Gasteiger partial charge in [0.2, 0.25) is 11.8 Å². The molecule has 4 N–H and O–H groups in total. The highest BCUT2D eigenvalue weighted by molar-refractivity contribution is 6.42. The van der Waals surface area contributed by atoms with Gasteiger partial charge < -0.3 is 20.6 Å². The van der Waals surface area contributed by atoms with E-state index in [1.807, 2.05) is 36.7 Å². The van der Waals surface area contributed by atoms with Gasteiger partial charge in [-0.15, -0.1) is 0 Å². The molecule has 7 nitrogen and oxygen atoms in total. The van der Waals surface area contributed by atoms with Gasteiger partial charge in [0, 0.05) is 47.2 Å². The predicted octanol–water partition coefficient (Wildman–Crippen LogP) is 6.32. The Labute approximate surface area is 258 Å². The van der Waals surface area contributed by atoms with E-state index in [9.17, 15) is 14.0 Å². The van der Waals surface area contributed by atoms with Gasteiger partial charge >= 0.3 is 0 Å². The number of H-pyrrole nitrogens is 2. The summed E-state index contributed by atoms with van der Waals surface area (Å²) in [5.74, 6) is -0.445. The Balaban J connectivity index is 1.10. The molecule has 0 bridgehead atoms. The number of aromatic nitrogens is 2. The van der Waals surface area contributed by atoms with E-state index in [4.69, 9.17) is 23.2 Å². The molecular formula is C33H32Cl2FN5O2. The molecule has 6 rings (SSSR count). The summed E-state index contributed by atoms with van der Waals surface area (Å²) in [5, 5.41) is 8.73. The number of nitrogens with zero attached hydrogens (tertiary/aromatic N) is 1. The first-order valence-electron chi connectivity index (χ1n) is 14.4. The first-order valence-corrected chi connectivity index (χ1v) is 15.1. The number of aromatic amines is 2. The average molecular weight is 621 g/mol. The normalized spacial score (nSPS) is 15.1. The molecule has 0 unspecified atom stereocenters. The maximum atomic E-state index is 13.9. The van der Waals surface area contributed by atoms with Gasteiger partial charge in [-0.3, -0.25) is 14.5 Å². The van der Waals surface area contributed by atoms with Crippen LogP contribution < -0.4 is 10.6 Å². The van der Waals surface area contributed by atoms with Crippen LogP contribution in [0.1, 0.15) is 35.4 Å². The third-order valence-corrected chi connectivity index (χ3v) is 9.01. The minimum Gasteiger partial charge on any atom is -0.361 e. The Hall–Kier alpha value is -3.85. The molecule has 0 spiro atoms. The number of halogens is 3. The van der Waals surface area contributed by atoms with Gasteiger partial charge in [0.25, 0.3) is 0 Å². The van der Waals surface area contributed by atoms with E-state index in [0.29, 0.717) is 16.5 Å². The number of nitrogens with one attached hydrogen (secondary N) is 4. The molecule has 0 aliphatic carbocycles. The van der Waals surface area contributed by atoms with E-state index in [1.54, 1.807) is 30.3 Å². The van der Waals surface area contributed by atoms with Gasteiger partial charge in [-0.25, -0.2) is 4.39 Å². The number of carbonyl (C=O) groups is 2. The summed E-state index contributed by atoms with van der Waals surface area (Å²) in [6.45, 7) is 1.91. The van der Waals surface area contributed by atoms with Gasteiger partial charge in [0.15, 0.2) is 0 Å². The zero-order chi connectivity index (χ0) is 29.9. The monoisotopic (exact) mass is 619 g/mol. The molecule has 222 valence electrons. The Kier molecular flexibility index (Phi) is 8.70. The van der Waals surface area contributed by atoms with E-state index in [0.717, 1.165) is 64.4 Å². The Morgan fingerprint density at radius 3 is 2.51 bits per heavy atom. The zero-order valence-electron chi connectivity index (χ0n) is 23.4. The molecule has 5 aromatic rings. The standard InChI is InChI=1S/C33H32Cl2FN5O2/c34-27-7-5-20(13-28(27)35)16-39-33(43)31(14-22-17-37-29-4-2-1-3-24(22)29)40-32(42)19-41-11-9-21(10-12-41)26-18-38-30-8-6-23(36)15-25(26)30/h1-8,13,15,17-18,21,31,37-38H,9-12,14,16,19H2,(H,39,43)(H,40,42)/t31-/m1/s1. The summed E-state index contributed by atoms with van der Waals surface area (Å²) in [6, 6.07) is 17.1. The Morgan fingerprint density at radius 2 is 1.70 bits per heavy atom. The number of carbonyl (C=O) groups excluding carboxylic acids is 2. The van der Waals surface area contributed by atoms with Crippen molar-refractivity contribution in [1.29, 1.82) is 0 Å². The molecule has 0 saturated carbocycles. The van der Waals surface area contributed by atoms with E-state index >= 15 is 0 Å². The summed E-state index contributed by atoms with van der Waals surface area (Å²) in [6.07, 6.45) is 5.92. The SMILES string of the molecule is O=C(CN1CCC(c2c[nH]c3ccc(F)cc23)CC1)N[C@H](Cc1c[nH]c2ccccc12)C(=O)NCc1ccc(Cl)c(Cl)c1. The number of hydrogen-bond acceptors (Lipinski definition) is 3. The van der Waals surface area contributed by atoms with Crippen molar-refractivity contribution in [2.75, 3.05) is 19.6 Å². The highest BCUT2D eigenvalue weighted by Gasteiger charge is 2.27. The number of piperidine rings is 1. The highest BCUT2D eigenvalue weighted by atomic mass is 35.5. The van der Waals surface area contributed by atoms with E-state index in [2.05, 4.69) is 25.5 Å². The maximum Gasteiger partial charge on any atom is 0.243 e. The number of rotatable bonds is 9. The lowest BCUT2D eigenvalue weighted by atomic mass is 9.89. The fourth-order valence-corrected chi connectivity index (χ4v) is 6.31. The Bertz CT molecular complexity index is 1780. The van der Waals surface area contributed by atoms with Crippen molar-refractivity contribution in [3.8, 4) is 0 Å². The second-order valence-corrected chi connectivity index (χ2v) is 11.9. The molecule has 1 atom stereocenters. The largest absolute Gasteiger partial charge is 0.361 e. The fourth-order valence-electron chi connectivity index (χ4n) is 5.99. The lowest BCUT2D eigenvalue weighted by Crippen LogP contribution is -2.51. The molecule has 1 saturated heterocycles. The van der Waals surface area contributed by atoms with Gasteiger partial charge in [-0.05, 0) is 84.9 Å². The molecule has 10 heteroatoms. The third-order valence-electron chi connectivity index (χ3n) is 8.27. The van der Waals surface area contributed by atoms with Crippen LogP contribution in [0.2, 0.25) is 10.0 Å². The van der Waals surface area contributed by atoms with Crippen LogP contribution in [0, 0.1) is 5.82 Å². The summed E-state index contributed by atoms with van der Waals surface area (Å²) in [4.78, 5) is 35.3. The Morgan fingerprint density at radius 1 is 0.930 bits per heavy atom. The maximum absolute atomic E-state index is 13.9. The predicted molar refractivity (Wildman–Crippen MR) is 169 cm³/mol. The lowest BCUT2D eigenvalue weighted by Gasteiger charge is -2.31. The van der Waals surface area contributed by atoms with E-state index in [1.165, 1.54) is 6.07 Å². The number of benzene rings is 3. The average Bonchev–Trinajstić information content (AvgIpc) is 3.61. The second kappa shape index (κ2) is 12.8. The van der Waals surface area contributed by atoms with Crippen molar-refractivity contribution < 1.29 is 14.0 Å². The summed E-state index contributed by atoms with van der Waals surface area (Å²) >= 11 is 12.2. The first-order chi connectivity index (χ1) is 20.8. The van der Waals surface area contributed by atoms with Crippen LogP contribution in [0.5, 0.6) is 0 Å². The topological polar surface area (TPSA) is 93.0 Å². The summed E-state index contributed by atoms with van der Waals surface area (Å²) < 4.78 is 13.9. The molecule has 2 aromatic heterocycles. The number of fused-ring (bicyclic) bond motifs is 2. The molecule has 43 heavy (non-hydrogen) atoms. The summed E-state index contributed by atoms with van der Waals surface area (Å²) in [5.41, 5.74) is 4.77. The molecule has 1 fully saturated rings. The zero-order valence-corrected chi connectivity index (χ0v) is 24.9. The van der Waals surface area contributed by atoms with Crippen LogP contribution in [0.15, 0.2) is 73.1 Å². The van der Waals surface area contributed by atoms with Crippen molar-refractivity contribution in [3.05, 3.63) is 106 Å². The van der Waals surface area contributed by atoms with Gasteiger partial charge in [0.1, 0.15) is 11.9 Å². The molecule has 2 amide bonds. The second-order valence-electron chi connectivity index (χ2n) is 11.1. The van der Waals surface area contributed by atoms with Crippen molar-refractivity contribution in [2.24, 2.45) is 0 Å². The number of para-hydroxylation sites is 1. The van der Waals surface area contributed by atoms with Gasteiger partial charge in [0.05, 0.1) is 16.6 Å². The lowest BCUT2D eigenvalue weighted by molar-refractivity contribution is -0.129. The number of hydrogen-bond donors (Lipinski definition) is 4. The molecule has 1 aliphatic rings. The van der Waals surface area contributed by atoms with E-state index in [-0.39, 0.29) is 36.6 Å². The molecular weight excluding hydrogens is 588 g/mol. The van der Waals surface area contributed by atoms with Crippen molar-refractivity contribution in [2.45, 2.75) is 37.8 Å². The third kappa shape index (κ3) is 6.72. The highest BCUT2D eigenvalue weighted by Crippen LogP contribution is 2.33. The van der Waals surface area contributed by atoms with Crippen LogP contribution in [-0.2, 0) is 22.6 Å². The van der Waals surface area contributed by atoms with Crippen LogP contribution in [0.3, 0.4) is 0 Å². The van der Waals surface area contributed by atoms with Crippen LogP contribution in [0.25, 0.3) is 21.8 Å². The first kappa shape index (κ1) is 29.2. The fraction of sp³-hybridized carbons (Fsp3) is 0.273. The van der Waals surface area contributed by atoms with Crippen LogP contribution >= 0.6 is 23.2 Å². The quantitative estimate of drug-likeness (QED) is 0.156. The number of likely N-dealkylation sites (tertiary alicyclic amines) is 1. The van der Waals surface area contributed by atoms with Crippen molar-refractivity contribution in [3.63, 3.8) is 0 Å². The van der Waals surface area contributed by atoms with Crippen molar-refractivity contribution in [1.82, 2.24) is 25.5 Å². The molecule has 3 heterocycles. The number of amides is 2. The summed E-state index contributed by atoms with van der Waals surface area (Å²) in [7, 11) is 0.